The second-order valence-electron chi connectivity index (χ2n) is 3.80. The quantitative estimate of drug-likeness (QED) is 0.814. The lowest BCUT2D eigenvalue weighted by Gasteiger charge is -2.04. The molecule has 3 heteroatoms. The van der Waals surface area contributed by atoms with Gasteiger partial charge in [0.1, 0.15) is 5.82 Å². The summed E-state index contributed by atoms with van der Waals surface area (Å²) < 4.78 is 13.4. The molecule has 1 fully saturated rings. The van der Waals surface area contributed by atoms with E-state index in [0.717, 1.165) is 13.0 Å². The summed E-state index contributed by atoms with van der Waals surface area (Å²) in [5.74, 6) is 0.701. The van der Waals surface area contributed by atoms with E-state index in [1.54, 1.807) is 12.1 Å². The molecule has 0 aliphatic heterocycles. The predicted octanol–water partition coefficient (Wildman–Crippen LogP) is 2.80. The van der Waals surface area contributed by atoms with E-state index < -0.39 is 0 Å². The minimum absolute atomic E-state index is 0.166. The Balaban J connectivity index is 2.18. The van der Waals surface area contributed by atoms with E-state index in [-0.39, 0.29) is 5.82 Å². The van der Waals surface area contributed by atoms with Crippen LogP contribution < -0.4 is 5.32 Å². The Morgan fingerprint density at radius 3 is 3.00 bits per heavy atom. The van der Waals surface area contributed by atoms with Gasteiger partial charge in [0.05, 0.1) is 0 Å². The summed E-state index contributed by atoms with van der Waals surface area (Å²) in [4.78, 5) is 0. The molecule has 1 aliphatic carbocycles. The topological polar surface area (TPSA) is 12.0 Å². The fourth-order valence-corrected chi connectivity index (χ4v) is 2.26. The Morgan fingerprint density at radius 2 is 2.36 bits per heavy atom. The zero-order valence-electron chi connectivity index (χ0n) is 8.06. The van der Waals surface area contributed by atoms with Crippen molar-refractivity contribution in [2.45, 2.75) is 12.3 Å². The molecule has 1 N–H and O–H groups in total. The molecule has 0 bridgehead atoms. The number of hydrogen-bond acceptors (Lipinski definition) is 1. The van der Waals surface area contributed by atoms with E-state index >= 15 is 0 Å². The first-order chi connectivity index (χ1) is 6.74. The maximum Gasteiger partial charge on any atom is 0.128 e. The van der Waals surface area contributed by atoms with E-state index in [0.29, 0.717) is 22.4 Å². The van der Waals surface area contributed by atoms with E-state index in [9.17, 15) is 4.39 Å². The van der Waals surface area contributed by atoms with Gasteiger partial charge in [-0.3, -0.25) is 0 Å². The molecule has 0 unspecified atom stereocenters. The highest BCUT2D eigenvalue weighted by Crippen LogP contribution is 2.49. The molecule has 0 aromatic heterocycles. The third-order valence-electron chi connectivity index (χ3n) is 2.76. The fourth-order valence-electron chi connectivity index (χ4n) is 1.95. The van der Waals surface area contributed by atoms with Crippen molar-refractivity contribution in [2.24, 2.45) is 5.92 Å². The van der Waals surface area contributed by atoms with Crippen LogP contribution in [0.15, 0.2) is 18.2 Å². The number of halogens is 2. The molecule has 0 heterocycles. The smallest absolute Gasteiger partial charge is 0.128 e. The normalized spacial score (nSPS) is 25.1. The van der Waals surface area contributed by atoms with Crippen molar-refractivity contribution in [1.82, 2.24) is 5.32 Å². The molecular weight excluding hydrogens is 201 g/mol. The molecule has 2 atom stereocenters. The van der Waals surface area contributed by atoms with Crippen molar-refractivity contribution in [3.05, 3.63) is 34.6 Å². The first-order valence-corrected chi connectivity index (χ1v) is 5.20. The molecular formula is C11H13ClFN. The van der Waals surface area contributed by atoms with Gasteiger partial charge in [-0.15, -0.1) is 0 Å². The minimum Gasteiger partial charge on any atom is -0.319 e. The first kappa shape index (κ1) is 9.94. The second-order valence-corrected chi connectivity index (χ2v) is 4.20. The van der Waals surface area contributed by atoms with E-state index in [4.69, 9.17) is 11.6 Å². The molecule has 0 saturated heterocycles. The maximum atomic E-state index is 13.4. The van der Waals surface area contributed by atoms with Crippen LogP contribution in [0.4, 0.5) is 4.39 Å². The summed E-state index contributed by atoms with van der Waals surface area (Å²) in [7, 11) is 1.92. The van der Waals surface area contributed by atoms with Crippen molar-refractivity contribution < 1.29 is 4.39 Å². The van der Waals surface area contributed by atoms with Crippen LogP contribution >= 0.6 is 11.6 Å². The van der Waals surface area contributed by atoms with Crippen molar-refractivity contribution in [3.63, 3.8) is 0 Å². The Kier molecular flexibility index (Phi) is 2.75. The molecule has 1 aliphatic rings. The Labute approximate surface area is 88.3 Å². The average molecular weight is 214 g/mol. The Morgan fingerprint density at radius 1 is 1.57 bits per heavy atom. The van der Waals surface area contributed by atoms with Crippen LogP contribution in [0.25, 0.3) is 0 Å². The molecule has 2 rings (SSSR count). The van der Waals surface area contributed by atoms with E-state index in [2.05, 4.69) is 5.32 Å². The maximum absolute atomic E-state index is 13.4. The predicted molar refractivity (Wildman–Crippen MR) is 56.2 cm³/mol. The SMILES string of the molecule is CNC[C@H]1C[C@@H]1c1c(F)cccc1Cl. The molecule has 0 radical (unpaired) electrons. The van der Waals surface area contributed by atoms with Gasteiger partial charge in [-0.1, -0.05) is 17.7 Å². The van der Waals surface area contributed by atoms with Crippen molar-refractivity contribution >= 4 is 11.6 Å². The summed E-state index contributed by atoms with van der Waals surface area (Å²) >= 11 is 5.97. The highest BCUT2D eigenvalue weighted by atomic mass is 35.5. The average Bonchev–Trinajstić information content (AvgIpc) is 2.85. The van der Waals surface area contributed by atoms with E-state index in [1.165, 1.54) is 6.07 Å². The van der Waals surface area contributed by atoms with Crippen LogP contribution in [0.5, 0.6) is 0 Å². The summed E-state index contributed by atoms with van der Waals surface area (Å²) in [6.07, 6.45) is 1.04. The summed E-state index contributed by atoms with van der Waals surface area (Å²) in [5, 5.41) is 3.67. The molecule has 0 amide bonds. The number of nitrogens with one attached hydrogen (secondary N) is 1. The van der Waals surface area contributed by atoms with Gasteiger partial charge in [0, 0.05) is 10.6 Å². The lowest BCUT2D eigenvalue weighted by molar-refractivity contribution is 0.602. The van der Waals surface area contributed by atoms with Crippen LogP contribution in [0, 0.1) is 11.7 Å². The van der Waals surface area contributed by atoms with Gasteiger partial charge >= 0.3 is 0 Å². The van der Waals surface area contributed by atoms with Gasteiger partial charge < -0.3 is 5.32 Å². The second kappa shape index (κ2) is 3.87. The van der Waals surface area contributed by atoms with Gasteiger partial charge in [-0.25, -0.2) is 4.39 Å². The zero-order chi connectivity index (χ0) is 10.1. The highest BCUT2D eigenvalue weighted by molar-refractivity contribution is 6.31. The van der Waals surface area contributed by atoms with Gasteiger partial charge in [-0.2, -0.15) is 0 Å². The number of rotatable bonds is 3. The zero-order valence-corrected chi connectivity index (χ0v) is 8.81. The molecule has 14 heavy (non-hydrogen) atoms. The third kappa shape index (κ3) is 1.77. The minimum atomic E-state index is -0.166. The van der Waals surface area contributed by atoms with Crippen LogP contribution in [-0.2, 0) is 0 Å². The van der Waals surface area contributed by atoms with Crippen LogP contribution in [0.1, 0.15) is 17.9 Å². The van der Waals surface area contributed by atoms with Crippen LogP contribution in [-0.4, -0.2) is 13.6 Å². The number of hydrogen-bond donors (Lipinski definition) is 1. The lowest BCUT2D eigenvalue weighted by Crippen LogP contribution is -2.10. The van der Waals surface area contributed by atoms with E-state index in [1.807, 2.05) is 7.05 Å². The summed E-state index contributed by atoms with van der Waals surface area (Å²) in [6.45, 7) is 0.940. The Bertz CT molecular complexity index is 320. The fraction of sp³-hybridized carbons (Fsp3) is 0.455. The van der Waals surface area contributed by atoms with Crippen LogP contribution in [0.3, 0.4) is 0 Å². The molecule has 1 aromatic rings. The largest absolute Gasteiger partial charge is 0.319 e. The van der Waals surface area contributed by atoms with Crippen LogP contribution in [0.2, 0.25) is 5.02 Å². The Hall–Kier alpha value is -0.600. The van der Waals surface area contributed by atoms with Gasteiger partial charge in [0.25, 0.3) is 0 Å². The van der Waals surface area contributed by atoms with Gasteiger partial charge in [0.15, 0.2) is 0 Å². The third-order valence-corrected chi connectivity index (χ3v) is 3.09. The number of benzene rings is 1. The lowest BCUT2D eigenvalue weighted by atomic mass is 10.1. The standard InChI is InChI=1S/C11H13ClFN/c1-14-6-7-5-8(7)11-9(12)3-2-4-10(11)13/h2-4,7-8,14H,5-6H2,1H3/t7-,8+/m1/s1. The first-order valence-electron chi connectivity index (χ1n) is 4.82. The summed E-state index contributed by atoms with van der Waals surface area (Å²) in [6, 6.07) is 4.89. The molecule has 1 nitrogen and oxygen atoms in total. The monoisotopic (exact) mass is 213 g/mol. The van der Waals surface area contributed by atoms with Gasteiger partial charge in [0.2, 0.25) is 0 Å². The van der Waals surface area contributed by atoms with Crippen molar-refractivity contribution in [3.8, 4) is 0 Å². The molecule has 76 valence electrons. The highest BCUT2D eigenvalue weighted by Gasteiger charge is 2.40. The van der Waals surface area contributed by atoms with Crippen molar-refractivity contribution in [2.75, 3.05) is 13.6 Å². The molecule has 1 aromatic carbocycles. The summed E-state index contributed by atoms with van der Waals surface area (Å²) in [5.41, 5.74) is 0.703. The van der Waals surface area contributed by atoms with Gasteiger partial charge in [-0.05, 0) is 44.0 Å². The molecule has 0 spiro atoms. The van der Waals surface area contributed by atoms with Crippen molar-refractivity contribution in [1.29, 1.82) is 0 Å². The molecule has 1 saturated carbocycles.